The third kappa shape index (κ3) is 2.35. The maximum atomic E-state index is 11.4. The number of aromatic hydroxyl groups is 1. The molecule has 0 bridgehead atoms. The summed E-state index contributed by atoms with van der Waals surface area (Å²) in [5, 5.41) is 9.27. The summed E-state index contributed by atoms with van der Waals surface area (Å²) < 4.78 is 1.51. The number of aryl methyl sites for hydroxylation is 1. The SMILES string of the molecule is C[CH-]n1c(C)cc(O)c(C)c1=O.[Y]. The number of nitrogens with zero attached hydrogens (tertiary/aromatic N) is 1. The summed E-state index contributed by atoms with van der Waals surface area (Å²) in [7, 11) is 0. The summed E-state index contributed by atoms with van der Waals surface area (Å²) in [5.74, 6) is 0.0654. The first-order valence-corrected chi connectivity index (χ1v) is 3.79. The standard InChI is InChI=1S/C9H12NO2.Y/c1-4-10-6(2)5-8(11)7(3)9(10)12;/h4-5,11H,1-3H3;/q-1;. The Morgan fingerprint density at radius 2 is 2.00 bits per heavy atom. The second-order valence-electron chi connectivity index (χ2n) is 2.73. The zero-order chi connectivity index (χ0) is 9.30. The van der Waals surface area contributed by atoms with Gasteiger partial charge in [0, 0.05) is 32.7 Å². The molecule has 0 spiro atoms. The van der Waals surface area contributed by atoms with Gasteiger partial charge in [0.2, 0.25) is 0 Å². The molecule has 1 radical (unpaired) electrons. The van der Waals surface area contributed by atoms with E-state index in [1.165, 1.54) is 4.57 Å². The van der Waals surface area contributed by atoms with Crippen molar-refractivity contribution in [2.45, 2.75) is 20.8 Å². The Kier molecular flexibility index (Phi) is 4.72. The maximum absolute atomic E-state index is 11.4. The van der Waals surface area contributed by atoms with Crippen LogP contribution in [0.4, 0.5) is 0 Å². The monoisotopic (exact) mass is 255 g/mol. The van der Waals surface area contributed by atoms with Crippen molar-refractivity contribution in [2.24, 2.45) is 0 Å². The molecule has 1 aromatic heterocycles. The largest absolute Gasteiger partial charge is 0.510 e. The summed E-state index contributed by atoms with van der Waals surface area (Å²) in [4.78, 5) is 11.4. The van der Waals surface area contributed by atoms with E-state index in [2.05, 4.69) is 0 Å². The van der Waals surface area contributed by atoms with Crippen molar-refractivity contribution >= 4 is 0 Å². The van der Waals surface area contributed by atoms with Crippen LogP contribution in [-0.4, -0.2) is 9.67 Å². The summed E-state index contributed by atoms with van der Waals surface area (Å²) in [6.07, 6.45) is 0. The van der Waals surface area contributed by atoms with Gasteiger partial charge < -0.3 is 14.5 Å². The van der Waals surface area contributed by atoms with Crippen molar-refractivity contribution in [1.82, 2.24) is 4.57 Å². The fourth-order valence-corrected chi connectivity index (χ4v) is 1.15. The van der Waals surface area contributed by atoms with Gasteiger partial charge in [-0.3, -0.25) is 0 Å². The zero-order valence-electron chi connectivity index (χ0n) is 8.03. The van der Waals surface area contributed by atoms with Crippen molar-refractivity contribution in [3.05, 3.63) is 34.2 Å². The molecule has 1 N–H and O–H groups in total. The van der Waals surface area contributed by atoms with Crippen molar-refractivity contribution in [2.75, 3.05) is 0 Å². The first-order chi connectivity index (χ1) is 5.57. The predicted octanol–water partition coefficient (Wildman–Crippen LogP) is 1.20. The smallest absolute Gasteiger partial charge is 0.147 e. The molecule has 0 saturated heterocycles. The summed E-state index contributed by atoms with van der Waals surface area (Å²) in [5.41, 5.74) is 0.972. The Bertz CT molecular complexity index is 357. The summed E-state index contributed by atoms with van der Waals surface area (Å²) in [6.45, 7) is 6.85. The number of rotatable bonds is 1. The Hall–Kier alpha value is -0.276. The molecule has 13 heavy (non-hydrogen) atoms. The van der Waals surface area contributed by atoms with Gasteiger partial charge in [-0.25, -0.2) is 0 Å². The molecule has 3 nitrogen and oxygen atoms in total. The molecule has 0 aliphatic rings. The van der Waals surface area contributed by atoms with Crippen LogP contribution in [0, 0.1) is 20.4 Å². The second-order valence-corrected chi connectivity index (χ2v) is 2.73. The van der Waals surface area contributed by atoms with Gasteiger partial charge in [-0.2, -0.15) is 0 Å². The zero-order valence-corrected chi connectivity index (χ0v) is 10.9. The minimum Gasteiger partial charge on any atom is -0.510 e. The third-order valence-electron chi connectivity index (χ3n) is 1.91. The Morgan fingerprint density at radius 1 is 1.46 bits per heavy atom. The molecule has 0 aliphatic carbocycles. The summed E-state index contributed by atoms with van der Waals surface area (Å²) in [6, 6.07) is 1.58. The van der Waals surface area contributed by atoms with Crippen molar-refractivity contribution in [3.8, 4) is 5.75 Å². The van der Waals surface area contributed by atoms with Crippen LogP contribution in [0.1, 0.15) is 18.2 Å². The second kappa shape index (κ2) is 4.82. The number of pyridine rings is 1. The predicted molar refractivity (Wildman–Crippen MR) is 47.2 cm³/mol. The molecule has 4 heteroatoms. The van der Waals surface area contributed by atoms with Crippen LogP contribution in [0.25, 0.3) is 0 Å². The molecule has 0 amide bonds. The van der Waals surface area contributed by atoms with E-state index in [-0.39, 0.29) is 44.0 Å². The number of hydrogen-bond donors (Lipinski definition) is 1. The van der Waals surface area contributed by atoms with Crippen LogP contribution in [0.15, 0.2) is 10.9 Å². The van der Waals surface area contributed by atoms with Gasteiger partial charge in [0.25, 0.3) is 0 Å². The van der Waals surface area contributed by atoms with Crippen LogP contribution in [0.3, 0.4) is 0 Å². The summed E-state index contributed by atoms with van der Waals surface area (Å²) >= 11 is 0. The Labute approximate surface area is 103 Å². The first kappa shape index (κ1) is 12.7. The molecule has 1 rings (SSSR count). The normalized spacial score (nSPS) is 9.15. The van der Waals surface area contributed by atoms with E-state index in [0.29, 0.717) is 5.56 Å². The Balaban J connectivity index is 0.00000144. The van der Waals surface area contributed by atoms with E-state index in [4.69, 9.17) is 0 Å². The van der Waals surface area contributed by atoms with Gasteiger partial charge in [-0.05, 0) is 12.5 Å². The van der Waals surface area contributed by atoms with E-state index in [1.807, 2.05) is 0 Å². The topological polar surface area (TPSA) is 42.2 Å². The molecule has 0 fully saturated rings. The quantitative estimate of drug-likeness (QED) is 0.766. The number of hydrogen-bond acceptors (Lipinski definition) is 2. The molecular formula is C9H12NO2Y-. The molecule has 69 valence electrons. The van der Waals surface area contributed by atoms with E-state index >= 15 is 0 Å². The minimum atomic E-state index is -0.157. The van der Waals surface area contributed by atoms with E-state index in [1.54, 1.807) is 33.4 Å². The van der Waals surface area contributed by atoms with Crippen molar-refractivity contribution in [1.29, 1.82) is 0 Å². The van der Waals surface area contributed by atoms with Gasteiger partial charge in [-0.1, -0.05) is 25.6 Å². The third-order valence-corrected chi connectivity index (χ3v) is 1.91. The average Bonchev–Trinajstić information content (AvgIpc) is 2.01. The van der Waals surface area contributed by atoms with Crippen LogP contribution in [0.2, 0.25) is 0 Å². The van der Waals surface area contributed by atoms with Gasteiger partial charge in [0.05, 0.1) is 0 Å². The van der Waals surface area contributed by atoms with Crippen LogP contribution >= 0.6 is 0 Å². The minimum absolute atomic E-state index is 0. The van der Waals surface area contributed by atoms with E-state index in [9.17, 15) is 9.90 Å². The van der Waals surface area contributed by atoms with Gasteiger partial charge in [0.1, 0.15) is 11.3 Å². The first-order valence-electron chi connectivity index (χ1n) is 3.79. The van der Waals surface area contributed by atoms with Crippen molar-refractivity contribution < 1.29 is 37.8 Å². The molecule has 0 unspecified atom stereocenters. The molecular weight excluding hydrogens is 243 g/mol. The molecule has 1 heterocycles. The molecule has 0 aliphatic heterocycles. The van der Waals surface area contributed by atoms with Crippen LogP contribution < -0.4 is 5.56 Å². The van der Waals surface area contributed by atoms with Crippen molar-refractivity contribution in [3.63, 3.8) is 0 Å². The molecule has 0 atom stereocenters. The molecule has 0 aromatic carbocycles. The van der Waals surface area contributed by atoms with Gasteiger partial charge >= 0.3 is 0 Å². The van der Waals surface area contributed by atoms with E-state index < -0.39 is 0 Å². The average molecular weight is 255 g/mol. The molecule has 1 aromatic rings. The maximum Gasteiger partial charge on any atom is 0.147 e. The van der Waals surface area contributed by atoms with E-state index in [0.717, 1.165) is 5.69 Å². The fourth-order valence-electron chi connectivity index (χ4n) is 1.15. The van der Waals surface area contributed by atoms with Gasteiger partial charge in [-0.15, -0.1) is 6.54 Å². The molecule has 0 saturated carbocycles. The van der Waals surface area contributed by atoms with Crippen LogP contribution in [0.5, 0.6) is 5.75 Å². The fraction of sp³-hybridized carbons (Fsp3) is 0.333. The Morgan fingerprint density at radius 3 is 2.46 bits per heavy atom. The van der Waals surface area contributed by atoms with Gasteiger partial charge in [0.15, 0.2) is 0 Å². The number of aromatic nitrogens is 1. The van der Waals surface area contributed by atoms with Crippen LogP contribution in [-0.2, 0) is 32.7 Å².